The van der Waals surface area contributed by atoms with Gasteiger partial charge in [-0.3, -0.25) is 0 Å². The summed E-state index contributed by atoms with van der Waals surface area (Å²) in [5.74, 6) is 1.44. The van der Waals surface area contributed by atoms with Crippen LogP contribution in [0, 0.1) is 6.92 Å². The van der Waals surface area contributed by atoms with E-state index in [1.54, 1.807) is 6.20 Å². The number of nitrogen functional groups attached to an aromatic ring is 1. The van der Waals surface area contributed by atoms with E-state index < -0.39 is 0 Å². The SMILES string of the molecule is CCCc1ncc(C)c(N)n1. The fraction of sp³-hybridized carbons (Fsp3) is 0.500. The molecule has 0 unspecified atom stereocenters. The summed E-state index contributed by atoms with van der Waals surface area (Å²) in [5, 5.41) is 0. The Morgan fingerprint density at radius 3 is 2.82 bits per heavy atom. The minimum atomic E-state index is 0.600. The first-order chi connectivity index (χ1) is 5.24. The molecule has 0 bridgehead atoms. The lowest BCUT2D eigenvalue weighted by Gasteiger charge is -2.00. The number of nitrogens with two attached hydrogens (primary N) is 1. The van der Waals surface area contributed by atoms with Crippen molar-refractivity contribution in [3.05, 3.63) is 17.6 Å². The highest BCUT2D eigenvalue weighted by Gasteiger charge is 1.97. The molecule has 0 aliphatic heterocycles. The van der Waals surface area contributed by atoms with Crippen LogP contribution in [0.15, 0.2) is 6.20 Å². The molecule has 1 heterocycles. The van der Waals surface area contributed by atoms with Gasteiger partial charge in [-0.25, -0.2) is 9.97 Å². The monoisotopic (exact) mass is 151 g/mol. The highest BCUT2D eigenvalue weighted by atomic mass is 14.9. The zero-order chi connectivity index (χ0) is 8.27. The molecule has 0 aromatic carbocycles. The van der Waals surface area contributed by atoms with E-state index in [0.717, 1.165) is 24.2 Å². The van der Waals surface area contributed by atoms with E-state index in [1.807, 2.05) is 6.92 Å². The van der Waals surface area contributed by atoms with Crippen LogP contribution in [0.25, 0.3) is 0 Å². The van der Waals surface area contributed by atoms with E-state index in [-0.39, 0.29) is 0 Å². The quantitative estimate of drug-likeness (QED) is 0.693. The molecule has 0 saturated heterocycles. The van der Waals surface area contributed by atoms with E-state index in [2.05, 4.69) is 16.9 Å². The van der Waals surface area contributed by atoms with Gasteiger partial charge in [0, 0.05) is 18.2 Å². The molecule has 0 amide bonds. The van der Waals surface area contributed by atoms with Crippen LogP contribution in [-0.4, -0.2) is 9.97 Å². The third-order valence-electron chi connectivity index (χ3n) is 1.53. The molecular weight excluding hydrogens is 138 g/mol. The van der Waals surface area contributed by atoms with Crippen LogP contribution >= 0.6 is 0 Å². The van der Waals surface area contributed by atoms with Gasteiger partial charge in [0.25, 0.3) is 0 Å². The first kappa shape index (κ1) is 7.98. The lowest BCUT2D eigenvalue weighted by Crippen LogP contribution is -2.00. The first-order valence-electron chi connectivity index (χ1n) is 3.82. The van der Waals surface area contributed by atoms with Crippen LogP contribution in [0.4, 0.5) is 5.82 Å². The van der Waals surface area contributed by atoms with Gasteiger partial charge >= 0.3 is 0 Å². The number of hydrogen-bond acceptors (Lipinski definition) is 3. The summed E-state index contributed by atoms with van der Waals surface area (Å²) in [7, 11) is 0. The molecule has 0 aliphatic rings. The second-order valence-corrected chi connectivity index (χ2v) is 2.60. The maximum absolute atomic E-state index is 5.60. The van der Waals surface area contributed by atoms with Crippen molar-refractivity contribution in [1.82, 2.24) is 9.97 Å². The molecular formula is C8H13N3. The number of aromatic nitrogens is 2. The van der Waals surface area contributed by atoms with Crippen LogP contribution in [0.5, 0.6) is 0 Å². The van der Waals surface area contributed by atoms with Gasteiger partial charge in [0.1, 0.15) is 11.6 Å². The summed E-state index contributed by atoms with van der Waals surface area (Å²) in [5.41, 5.74) is 6.55. The maximum atomic E-state index is 5.60. The lowest BCUT2D eigenvalue weighted by atomic mass is 10.3. The third kappa shape index (κ3) is 1.90. The molecule has 0 radical (unpaired) electrons. The Balaban J connectivity index is 2.86. The molecule has 0 fully saturated rings. The summed E-state index contributed by atoms with van der Waals surface area (Å²) >= 11 is 0. The molecule has 1 aromatic rings. The average Bonchev–Trinajstić information content (AvgIpc) is 1.98. The molecule has 1 aromatic heterocycles. The standard InChI is InChI=1S/C8H13N3/c1-3-4-7-10-5-6(2)8(9)11-7/h5H,3-4H2,1-2H3,(H2,9,10,11). The molecule has 0 aliphatic carbocycles. The fourth-order valence-electron chi connectivity index (χ4n) is 0.838. The summed E-state index contributed by atoms with van der Waals surface area (Å²) in [4.78, 5) is 8.27. The maximum Gasteiger partial charge on any atom is 0.130 e. The molecule has 0 saturated carbocycles. The molecule has 0 spiro atoms. The van der Waals surface area contributed by atoms with Gasteiger partial charge in [-0.05, 0) is 13.3 Å². The lowest BCUT2D eigenvalue weighted by molar-refractivity contribution is 0.834. The van der Waals surface area contributed by atoms with E-state index in [1.165, 1.54) is 0 Å². The average molecular weight is 151 g/mol. The Labute approximate surface area is 66.7 Å². The van der Waals surface area contributed by atoms with Gasteiger partial charge in [-0.2, -0.15) is 0 Å². The topological polar surface area (TPSA) is 51.8 Å². The first-order valence-corrected chi connectivity index (χ1v) is 3.82. The van der Waals surface area contributed by atoms with Gasteiger partial charge in [0.15, 0.2) is 0 Å². The predicted octanol–water partition coefficient (Wildman–Crippen LogP) is 1.32. The van der Waals surface area contributed by atoms with E-state index >= 15 is 0 Å². The Hall–Kier alpha value is -1.12. The minimum absolute atomic E-state index is 0.600. The number of aryl methyl sites for hydroxylation is 2. The highest BCUT2D eigenvalue weighted by molar-refractivity contribution is 5.35. The van der Waals surface area contributed by atoms with Gasteiger partial charge in [-0.15, -0.1) is 0 Å². The van der Waals surface area contributed by atoms with Crippen molar-refractivity contribution in [3.63, 3.8) is 0 Å². The summed E-state index contributed by atoms with van der Waals surface area (Å²) in [6.07, 6.45) is 3.74. The molecule has 3 heteroatoms. The second kappa shape index (κ2) is 3.32. The number of rotatable bonds is 2. The minimum Gasteiger partial charge on any atom is -0.383 e. The van der Waals surface area contributed by atoms with Crippen LogP contribution in [0.3, 0.4) is 0 Å². The number of anilines is 1. The number of hydrogen-bond donors (Lipinski definition) is 1. The molecule has 11 heavy (non-hydrogen) atoms. The van der Waals surface area contributed by atoms with Crippen LogP contribution < -0.4 is 5.73 Å². The molecule has 3 nitrogen and oxygen atoms in total. The Morgan fingerprint density at radius 1 is 1.55 bits per heavy atom. The van der Waals surface area contributed by atoms with Gasteiger partial charge < -0.3 is 5.73 Å². The third-order valence-corrected chi connectivity index (χ3v) is 1.53. The summed E-state index contributed by atoms with van der Waals surface area (Å²) in [6, 6.07) is 0. The highest BCUT2D eigenvalue weighted by Crippen LogP contribution is 2.05. The van der Waals surface area contributed by atoms with Crippen LogP contribution in [0.2, 0.25) is 0 Å². The van der Waals surface area contributed by atoms with E-state index in [0.29, 0.717) is 5.82 Å². The van der Waals surface area contributed by atoms with Crippen molar-refractivity contribution < 1.29 is 0 Å². The summed E-state index contributed by atoms with van der Waals surface area (Å²) < 4.78 is 0. The second-order valence-electron chi connectivity index (χ2n) is 2.60. The van der Waals surface area contributed by atoms with Crippen molar-refractivity contribution in [1.29, 1.82) is 0 Å². The zero-order valence-corrected chi connectivity index (χ0v) is 6.96. The van der Waals surface area contributed by atoms with Crippen LogP contribution in [0.1, 0.15) is 24.7 Å². The molecule has 1 rings (SSSR count). The Morgan fingerprint density at radius 2 is 2.27 bits per heavy atom. The van der Waals surface area contributed by atoms with E-state index in [9.17, 15) is 0 Å². The van der Waals surface area contributed by atoms with Crippen molar-refractivity contribution >= 4 is 5.82 Å². The van der Waals surface area contributed by atoms with Crippen molar-refractivity contribution in [2.24, 2.45) is 0 Å². The number of nitrogens with zero attached hydrogens (tertiary/aromatic N) is 2. The van der Waals surface area contributed by atoms with Crippen molar-refractivity contribution in [3.8, 4) is 0 Å². The van der Waals surface area contributed by atoms with Gasteiger partial charge in [0.2, 0.25) is 0 Å². The Kier molecular flexibility index (Phi) is 2.41. The normalized spacial score (nSPS) is 10.0. The molecule has 0 atom stereocenters. The zero-order valence-electron chi connectivity index (χ0n) is 6.96. The molecule has 60 valence electrons. The van der Waals surface area contributed by atoms with Crippen LogP contribution in [-0.2, 0) is 6.42 Å². The largest absolute Gasteiger partial charge is 0.383 e. The van der Waals surface area contributed by atoms with Crippen molar-refractivity contribution in [2.45, 2.75) is 26.7 Å². The Bertz CT molecular complexity index is 245. The smallest absolute Gasteiger partial charge is 0.130 e. The van der Waals surface area contributed by atoms with E-state index in [4.69, 9.17) is 5.73 Å². The molecule has 2 N–H and O–H groups in total. The van der Waals surface area contributed by atoms with Gasteiger partial charge in [-0.1, -0.05) is 6.92 Å². The summed E-state index contributed by atoms with van der Waals surface area (Å²) in [6.45, 7) is 4.00. The van der Waals surface area contributed by atoms with Gasteiger partial charge in [0.05, 0.1) is 0 Å². The predicted molar refractivity (Wildman–Crippen MR) is 45.2 cm³/mol. The van der Waals surface area contributed by atoms with Crippen molar-refractivity contribution in [2.75, 3.05) is 5.73 Å². The fourth-order valence-corrected chi connectivity index (χ4v) is 0.838.